The number of nitrogens with zero attached hydrogens (tertiary/aromatic N) is 5. The molecule has 1 aliphatic rings. The van der Waals surface area contributed by atoms with E-state index in [9.17, 15) is 4.39 Å². The summed E-state index contributed by atoms with van der Waals surface area (Å²) in [5.41, 5.74) is 2.13. The maximum absolute atomic E-state index is 13.5. The molecular formula is C21H32FN7. The number of nitrogens with one attached hydrogen (secondary N) is 2. The summed E-state index contributed by atoms with van der Waals surface area (Å²) in [7, 11) is 7.86. The molecule has 1 fully saturated rings. The van der Waals surface area contributed by atoms with Gasteiger partial charge in [0.15, 0.2) is 5.96 Å². The van der Waals surface area contributed by atoms with E-state index >= 15 is 0 Å². The van der Waals surface area contributed by atoms with Crippen molar-refractivity contribution in [2.45, 2.75) is 24.9 Å². The van der Waals surface area contributed by atoms with E-state index in [0.29, 0.717) is 6.04 Å². The molecule has 0 bridgehead atoms. The second-order valence-corrected chi connectivity index (χ2v) is 7.77. The molecule has 158 valence electrons. The van der Waals surface area contributed by atoms with Crippen LogP contribution in [0.1, 0.15) is 24.4 Å². The maximum atomic E-state index is 13.5. The quantitative estimate of drug-likeness (QED) is 0.573. The minimum Gasteiger partial charge on any atom is -0.371 e. The smallest absolute Gasteiger partial charge is 0.191 e. The largest absolute Gasteiger partial charge is 0.371 e. The highest BCUT2D eigenvalue weighted by molar-refractivity contribution is 5.80. The third-order valence-corrected chi connectivity index (χ3v) is 5.43. The lowest BCUT2D eigenvalue weighted by Crippen LogP contribution is -2.49. The van der Waals surface area contributed by atoms with Gasteiger partial charge in [0.1, 0.15) is 5.82 Å². The van der Waals surface area contributed by atoms with Crippen LogP contribution < -0.4 is 15.5 Å². The van der Waals surface area contributed by atoms with Gasteiger partial charge in [-0.1, -0.05) is 6.07 Å². The SMILES string of the molecule is CN=C(NCC(c1cnn(C)c1)N(C)C)NC1CCN(c2cccc(F)c2)CC1. The molecule has 8 heteroatoms. The molecule has 1 saturated heterocycles. The first-order valence-corrected chi connectivity index (χ1v) is 10.1. The first-order valence-electron chi connectivity index (χ1n) is 10.1. The number of hydrogen-bond donors (Lipinski definition) is 2. The number of piperidine rings is 1. The van der Waals surface area contributed by atoms with E-state index in [1.807, 2.05) is 30.2 Å². The Morgan fingerprint density at radius 2 is 2.10 bits per heavy atom. The Morgan fingerprint density at radius 3 is 2.69 bits per heavy atom. The van der Waals surface area contributed by atoms with Crippen molar-refractivity contribution in [1.82, 2.24) is 25.3 Å². The van der Waals surface area contributed by atoms with E-state index in [1.54, 1.807) is 19.2 Å². The van der Waals surface area contributed by atoms with Gasteiger partial charge in [-0.05, 0) is 45.1 Å². The summed E-state index contributed by atoms with van der Waals surface area (Å²) in [4.78, 5) is 8.81. The lowest BCUT2D eigenvalue weighted by Gasteiger charge is -2.35. The predicted octanol–water partition coefficient (Wildman–Crippen LogP) is 2.00. The molecule has 0 amide bonds. The van der Waals surface area contributed by atoms with Gasteiger partial charge in [0, 0.05) is 57.2 Å². The van der Waals surface area contributed by atoms with Crippen LogP contribution >= 0.6 is 0 Å². The van der Waals surface area contributed by atoms with Gasteiger partial charge in [-0.15, -0.1) is 0 Å². The third kappa shape index (κ3) is 5.69. The van der Waals surface area contributed by atoms with Crippen LogP contribution in [-0.2, 0) is 7.05 Å². The number of aliphatic imine (C=N–C) groups is 1. The molecule has 29 heavy (non-hydrogen) atoms. The summed E-state index contributed by atoms with van der Waals surface area (Å²) < 4.78 is 15.3. The molecule has 7 nitrogen and oxygen atoms in total. The van der Waals surface area contributed by atoms with Gasteiger partial charge in [0.2, 0.25) is 0 Å². The second kappa shape index (κ2) is 9.73. The zero-order valence-electron chi connectivity index (χ0n) is 17.8. The van der Waals surface area contributed by atoms with Crippen molar-refractivity contribution in [1.29, 1.82) is 0 Å². The first kappa shape index (κ1) is 21.1. The molecule has 2 aromatic rings. The minimum atomic E-state index is -0.184. The van der Waals surface area contributed by atoms with E-state index in [2.05, 4.69) is 44.6 Å². The third-order valence-electron chi connectivity index (χ3n) is 5.43. The zero-order chi connectivity index (χ0) is 20.8. The van der Waals surface area contributed by atoms with Crippen molar-refractivity contribution < 1.29 is 4.39 Å². The average molecular weight is 402 g/mol. The molecule has 0 aliphatic carbocycles. The molecule has 1 aromatic heterocycles. The van der Waals surface area contributed by atoms with Gasteiger partial charge in [-0.2, -0.15) is 5.10 Å². The van der Waals surface area contributed by atoms with Crippen LogP contribution in [0.5, 0.6) is 0 Å². The fourth-order valence-corrected chi connectivity index (χ4v) is 3.75. The summed E-state index contributed by atoms with van der Waals surface area (Å²) in [6.07, 6.45) is 5.92. The predicted molar refractivity (Wildman–Crippen MR) is 116 cm³/mol. The molecule has 0 spiro atoms. The summed E-state index contributed by atoms with van der Waals surface area (Å²) >= 11 is 0. The summed E-state index contributed by atoms with van der Waals surface area (Å²) in [6, 6.07) is 7.38. The second-order valence-electron chi connectivity index (χ2n) is 7.77. The van der Waals surface area contributed by atoms with Crippen LogP contribution in [0.25, 0.3) is 0 Å². The van der Waals surface area contributed by atoms with Gasteiger partial charge in [0.25, 0.3) is 0 Å². The summed E-state index contributed by atoms with van der Waals surface area (Å²) in [5.74, 6) is 0.626. The molecule has 2 heterocycles. The van der Waals surface area contributed by atoms with Crippen molar-refractivity contribution in [3.8, 4) is 0 Å². The van der Waals surface area contributed by atoms with Gasteiger partial charge in [0.05, 0.1) is 12.2 Å². The van der Waals surface area contributed by atoms with Gasteiger partial charge >= 0.3 is 0 Å². The zero-order valence-corrected chi connectivity index (χ0v) is 17.8. The molecule has 1 atom stereocenters. The van der Waals surface area contributed by atoms with Crippen LogP contribution in [0.2, 0.25) is 0 Å². The Morgan fingerprint density at radius 1 is 1.34 bits per heavy atom. The number of anilines is 1. The fraction of sp³-hybridized carbons (Fsp3) is 0.524. The topological polar surface area (TPSA) is 60.7 Å². The Balaban J connectivity index is 1.50. The number of hydrogen-bond acceptors (Lipinski definition) is 4. The lowest BCUT2D eigenvalue weighted by atomic mass is 10.0. The highest BCUT2D eigenvalue weighted by Gasteiger charge is 2.21. The molecule has 1 aliphatic heterocycles. The van der Waals surface area contributed by atoms with Gasteiger partial charge < -0.3 is 20.4 Å². The summed E-state index contributed by atoms with van der Waals surface area (Å²) in [6.45, 7) is 2.53. The Labute approximate surface area is 172 Å². The Hall–Kier alpha value is -2.61. The maximum Gasteiger partial charge on any atom is 0.191 e. The number of likely N-dealkylation sites (N-methyl/N-ethyl adjacent to an activating group) is 1. The molecule has 2 N–H and O–H groups in total. The van der Waals surface area contributed by atoms with Crippen molar-refractivity contribution >= 4 is 11.6 Å². The molecule has 3 rings (SSSR count). The van der Waals surface area contributed by atoms with Crippen LogP contribution in [0.15, 0.2) is 41.7 Å². The molecule has 1 aromatic carbocycles. The summed E-state index contributed by atoms with van der Waals surface area (Å²) in [5, 5.41) is 11.3. The number of aryl methyl sites for hydroxylation is 1. The number of benzene rings is 1. The van der Waals surface area contributed by atoms with E-state index in [4.69, 9.17) is 0 Å². The van der Waals surface area contributed by atoms with E-state index in [0.717, 1.165) is 44.1 Å². The number of halogens is 1. The molecule has 1 unspecified atom stereocenters. The van der Waals surface area contributed by atoms with E-state index < -0.39 is 0 Å². The van der Waals surface area contributed by atoms with Crippen LogP contribution in [-0.4, -0.2) is 67.5 Å². The molecule has 0 saturated carbocycles. The van der Waals surface area contributed by atoms with Crippen LogP contribution in [0, 0.1) is 5.82 Å². The van der Waals surface area contributed by atoms with E-state index in [-0.39, 0.29) is 11.9 Å². The lowest BCUT2D eigenvalue weighted by molar-refractivity contribution is 0.297. The Bertz CT molecular complexity index is 809. The highest BCUT2D eigenvalue weighted by atomic mass is 19.1. The average Bonchev–Trinajstić information content (AvgIpc) is 3.13. The molecule has 0 radical (unpaired) electrons. The standard InChI is InChI=1S/C21H32FN7/c1-23-21(24-14-20(27(2)3)16-13-25-28(4)15-16)26-18-8-10-29(11-9-18)19-7-5-6-17(22)12-19/h5-7,12-13,15,18,20H,8-11,14H2,1-4H3,(H2,23,24,26). The highest BCUT2D eigenvalue weighted by Crippen LogP contribution is 2.21. The minimum absolute atomic E-state index is 0.184. The first-order chi connectivity index (χ1) is 14.0. The van der Waals surface area contributed by atoms with Crippen molar-refractivity contribution in [2.75, 3.05) is 45.7 Å². The Kier molecular flexibility index (Phi) is 7.09. The van der Waals surface area contributed by atoms with Crippen LogP contribution in [0.3, 0.4) is 0 Å². The van der Waals surface area contributed by atoms with E-state index in [1.165, 1.54) is 11.6 Å². The van der Waals surface area contributed by atoms with Crippen molar-refractivity contribution in [3.63, 3.8) is 0 Å². The normalized spacial score (nSPS) is 16.9. The van der Waals surface area contributed by atoms with Gasteiger partial charge in [-0.25, -0.2) is 4.39 Å². The number of aromatic nitrogens is 2. The molecular weight excluding hydrogens is 369 g/mol. The fourth-order valence-electron chi connectivity index (χ4n) is 3.75. The van der Waals surface area contributed by atoms with Gasteiger partial charge in [-0.3, -0.25) is 9.67 Å². The van der Waals surface area contributed by atoms with Crippen molar-refractivity contribution in [3.05, 3.63) is 48.0 Å². The van der Waals surface area contributed by atoms with Crippen molar-refractivity contribution in [2.24, 2.45) is 12.0 Å². The van der Waals surface area contributed by atoms with Crippen LogP contribution in [0.4, 0.5) is 10.1 Å². The number of guanidine groups is 1. The number of rotatable bonds is 6. The monoisotopic (exact) mass is 401 g/mol.